The molecule has 1 aromatic heterocycles. The fourth-order valence-corrected chi connectivity index (χ4v) is 3.36. The summed E-state index contributed by atoms with van der Waals surface area (Å²) in [6.07, 6.45) is 6.34. The summed E-state index contributed by atoms with van der Waals surface area (Å²) in [5.41, 5.74) is 6.63. The summed E-state index contributed by atoms with van der Waals surface area (Å²) >= 11 is 0. The second-order valence-corrected chi connectivity index (χ2v) is 5.62. The van der Waals surface area contributed by atoms with Crippen molar-refractivity contribution < 1.29 is 4.79 Å². The maximum absolute atomic E-state index is 11.8. The van der Waals surface area contributed by atoms with Crippen LogP contribution in [0.15, 0.2) is 12.1 Å². The molecular weight excluding hydrogens is 248 g/mol. The van der Waals surface area contributed by atoms with Crippen molar-refractivity contribution in [3.63, 3.8) is 0 Å². The molecule has 0 fully saturated rings. The van der Waals surface area contributed by atoms with E-state index in [1.165, 1.54) is 52.5 Å². The normalized spacial score (nSPS) is 14.3. The predicted octanol–water partition coefficient (Wildman–Crippen LogP) is 2.90. The van der Waals surface area contributed by atoms with Gasteiger partial charge in [0.25, 0.3) is 0 Å². The van der Waals surface area contributed by atoms with E-state index in [9.17, 15) is 4.79 Å². The molecule has 3 heteroatoms. The minimum absolute atomic E-state index is 0.0818. The summed E-state index contributed by atoms with van der Waals surface area (Å²) in [6, 6.07) is 4.46. The predicted molar refractivity (Wildman–Crippen MR) is 82.1 cm³/mol. The van der Waals surface area contributed by atoms with Gasteiger partial charge in [-0.05, 0) is 48.8 Å². The maximum Gasteiger partial charge on any atom is 0.224 e. The van der Waals surface area contributed by atoms with Crippen LogP contribution in [0, 0.1) is 0 Å². The first-order valence-corrected chi connectivity index (χ1v) is 7.59. The summed E-state index contributed by atoms with van der Waals surface area (Å²) in [4.78, 5) is 15.3. The van der Waals surface area contributed by atoms with Crippen molar-refractivity contribution in [2.24, 2.45) is 0 Å². The molecule has 0 unspecified atom stereocenters. The number of carbonyl (C=O) groups is 1. The van der Waals surface area contributed by atoms with Gasteiger partial charge >= 0.3 is 0 Å². The second-order valence-electron chi connectivity index (χ2n) is 5.62. The third kappa shape index (κ3) is 2.11. The number of nitrogens with one attached hydrogen (secondary N) is 2. The first-order valence-electron chi connectivity index (χ1n) is 7.59. The van der Waals surface area contributed by atoms with Crippen LogP contribution in [0.1, 0.15) is 42.1 Å². The number of aromatic amines is 1. The van der Waals surface area contributed by atoms with E-state index in [4.69, 9.17) is 0 Å². The Balaban J connectivity index is 2.16. The first-order chi connectivity index (χ1) is 9.74. The second kappa shape index (κ2) is 5.31. The van der Waals surface area contributed by atoms with Gasteiger partial charge in [0.1, 0.15) is 0 Å². The Hall–Kier alpha value is -1.77. The Labute approximate surface area is 119 Å². The molecule has 0 saturated heterocycles. The Morgan fingerprint density at radius 2 is 2.10 bits per heavy atom. The average Bonchev–Trinajstić information content (AvgIpc) is 2.85. The molecule has 0 saturated carbocycles. The Bertz CT molecular complexity index is 655. The number of aromatic nitrogens is 1. The smallest absolute Gasteiger partial charge is 0.224 e. The van der Waals surface area contributed by atoms with Crippen molar-refractivity contribution >= 4 is 16.8 Å². The SMILES string of the molecule is CCc1[nH]c2c3c(ccc2c1CC(=O)NC)CCCC3. The molecule has 2 aromatic rings. The van der Waals surface area contributed by atoms with E-state index in [1.54, 1.807) is 7.05 Å². The molecule has 106 valence electrons. The molecule has 0 atom stereocenters. The molecule has 20 heavy (non-hydrogen) atoms. The number of H-pyrrole nitrogens is 1. The number of fused-ring (bicyclic) bond motifs is 3. The van der Waals surface area contributed by atoms with Gasteiger partial charge in [-0.3, -0.25) is 4.79 Å². The molecule has 1 aliphatic carbocycles. The van der Waals surface area contributed by atoms with Gasteiger partial charge in [-0.1, -0.05) is 19.1 Å². The monoisotopic (exact) mass is 270 g/mol. The molecular formula is C17H22N2O. The number of hydrogen-bond acceptors (Lipinski definition) is 1. The van der Waals surface area contributed by atoms with Crippen LogP contribution >= 0.6 is 0 Å². The fourth-order valence-electron chi connectivity index (χ4n) is 3.36. The summed E-state index contributed by atoms with van der Waals surface area (Å²) in [6.45, 7) is 2.14. The zero-order valence-electron chi connectivity index (χ0n) is 12.3. The van der Waals surface area contributed by atoms with E-state index >= 15 is 0 Å². The van der Waals surface area contributed by atoms with Gasteiger partial charge in [0.05, 0.1) is 6.42 Å². The highest BCUT2D eigenvalue weighted by Crippen LogP contribution is 2.32. The zero-order chi connectivity index (χ0) is 14.1. The lowest BCUT2D eigenvalue weighted by Gasteiger charge is -2.16. The van der Waals surface area contributed by atoms with Crippen LogP contribution in [0.3, 0.4) is 0 Å². The molecule has 1 aliphatic rings. The molecule has 3 nitrogen and oxygen atoms in total. The van der Waals surface area contributed by atoms with Crippen molar-refractivity contribution in [2.45, 2.75) is 45.4 Å². The van der Waals surface area contributed by atoms with Crippen LogP contribution in [0.4, 0.5) is 0 Å². The molecule has 1 aromatic carbocycles. The quantitative estimate of drug-likeness (QED) is 0.885. The van der Waals surface area contributed by atoms with Crippen molar-refractivity contribution in [1.82, 2.24) is 10.3 Å². The molecule has 0 aliphatic heterocycles. The van der Waals surface area contributed by atoms with Gasteiger partial charge < -0.3 is 10.3 Å². The van der Waals surface area contributed by atoms with Crippen LogP contribution in [-0.2, 0) is 30.5 Å². The Morgan fingerprint density at radius 1 is 1.30 bits per heavy atom. The van der Waals surface area contributed by atoms with E-state index in [0.29, 0.717) is 6.42 Å². The van der Waals surface area contributed by atoms with Crippen LogP contribution < -0.4 is 5.32 Å². The maximum atomic E-state index is 11.8. The van der Waals surface area contributed by atoms with E-state index in [1.807, 2.05) is 0 Å². The zero-order valence-corrected chi connectivity index (χ0v) is 12.3. The highest BCUT2D eigenvalue weighted by molar-refractivity contribution is 5.92. The number of likely N-dealkylation sites (N-methyl/N-ethyl adjacent to an activating group) is 1. The minimum atomic E-state index is 0.0818. The van der Waals surface area contributed by atoms with Crippen molar-refractivity contribution in [3.05, 3.63) is 34.5 Å². The number of rotatable bonds is 3. The molecule has 3 rings (SSSR count). The molecule has 2 N–H and O–H groups in total. The van der Waals surface area contributed by atoms with Crippen molar-refractivity contribution in [2.75, 3.05) is 7.05 Å². The molecule has 0 spiro atoms. The fraction of sp³-hybridized carbons (Fsp3) is 0.471. The summed E-state index contributed by atoms with van der Waals surface area (Å²) in [5.74, 6) is 0.0818. The van der Waals surface area contributed by atoms with Gasteiger partial charge in [0, 0.05) is 23.6 Å². The van der Waals surface area contributed by atoms with E-state index in [0.717, 1.165) is 12.8 Å². The van der Waals surface area contributed by atoms with Crippen LogP contribution in [-0.4, -0.2) is 17.9 Å². The van der Waals surface area contributed by atoms with Gasteiger partial charge in [-0.2, -0.15) is 0 Å². The minimum Gasteiger partial charge on any atom is -0.359 e. The average molecular weight is 270 g/mol. The lowest BCUT2D eigenvalue weighted by atomic mass is 9.89. The highest BCUT2D eigenvalue weighted by Gasteiger charge is 2.18. The highest BCUT2D eigenvalue weighted by atomic mass is 16.1. The third-order valence-corrected chi connectivity index (χ3v) is 4.47. The Kier molecular flexibility index (Phi) is 3.51. The van der Waals surface area contributed by atoms with Crippen LogP contribution in [0.5, 0.6) is 0 Å². The molecule has 1 amide bonds. The van der Waals surface area contributed by atoms with Gasteiger partial charge in [-0.25, -0.2) is 0 Å². The number of carbonyl (C=O) groups excluding carboxylic acids is 1. The number of hydrogen-bond donors (Lipinski definition) is 2. The number of aryl methyl sites for hydroxylation is 3. The van der Waals surface area contributed by atoms with Gasteiger partial charge in [-0.15, -0.1) is 0 Å². The van der Waals surface area contributed by atoms with E-state index in [-0.39, 0.29) is 5.91 Å². The number of amides is 1. The lowest BCUT2D eigenvalue weighted by Crippen LogP contribution is -2.20. The lowest BCUT2D eigenvalue weighted by molar-refractivity contribution is -0.119. The van der Waals surface area contributed by atoms with Crippen LogP contribution in [0.2, 0.25) is 0 Å². The standard InChI is InChI=1S/C17H22N2O/c1-3-15-14(10-16(20)18-2)13-9-8-11-6-4-5-7-12(11)17(13)19-15/h8-9,19H,3-7,10H2,1-2H3,(H,18,20). The molecule has 0 bridgehead atoms. The van der Waals surface area contributed by atoms with Crippen LogP contribution in [0.25, 0.3) is 10.9 Å². The largest absolute Gasteiger partial charge is 0.359 e. The first kappa shape index (κ1) is 13.2. The topological polar surface area (TPSA) is 44.9 Å². The van der Waals surface area contributed by atoms with Gasteiger partial charge in [0.15, 0.2) is 0 Å². The van der Waals surface area contributed by atoms with Crippen molar-refractivity contribution in [1.29, 1.82) is 0 Å². The molecule has 0 radical (unpaired) electrons. The number of benzene rings is 1. The van der Waals surface area contributed by atoms with E-state index < -0.39 is 0 Å². The van der Waals surface area contributed by atoms with Crippen molar-refractivity contribution in [3.8, 4) is 0 Å². The summed E-state index contributed by atoms with van der Waals surface area (Å²) in [5, 5.41) is 3.97. The third-order valence-electron chi connectivity index (χ3n) is 4.47. The van der Waals surface area contributed by atoms with Gasteiger partial charge in [0.2, 0.25) is 5.91 Å². The van der Waals surface area contributed by atoms with E-state index in [2.05, 4.69) is 29.4 Å². The summed E-state index contributed by atoms with van der Waals surface area (Å²) < 4.78 is 0. The Morgan fingerprint density at radius 3 is 2.85 bits per heavy atom. The summed E-state index contributed by atoms with van der Waals surface area (Å²) in [7, 11) is 1.70. The molecule has 1 heterocycles.